The van der Waals surface area contributed by atoms with E-state index in [1.807, 2.05) is 0 Å². The molecule has 0 aromatic heterocycles. The van der Waals surface area contributed by atoms with Crippen LogP contribution >= 0.6 is 0 Å². The minimum absolute atomic E-state index is 0.0392. The molecule has 0 radical (unpaired) electrons. The Bertz CT molecular complexity index is 448. The van der Waals surface area contributed by atoms with Gasteiger partial charge in [0.1, 0.15) is 17.2 Å². The molecule has 1 aliphatic rings. The summed E-state index contributed by atoms with van der Waals surface area (Å²) in [5.41, 5.74) is -0.563. The van der Waals surface area contributed by atoms with Crippen molar-refractivity contribution in [3.8, 4) is 0 Å². The Morgan fingerprint density at radius 2 is 1.84 bits per heavy atom. The second-order valence-corrected chi connectivity index (χ2v) is 4.69. The van der Waals surface area contributed by atoms with Crippen molar-refractivity contribution >= 4 is 5.78 Å². The molecule has 1 heterocycles. The van der Waals surface area contributed by atoms with E-state index in [2.05, 4.69) is 0 Å². The van der Waals surface area contributed by atoms with Gasteiger partial charge in [0.2, 0.25) is 0 Å². The average molecular weight is 270 g/mol. The first kappa shape index (κ1) is 14.1. The summed E-state index contributed by atoms with van der Waals surface area (Å²) in [7, 11) is 1.48. The molecule has 1 aromatic carbocycles. The number of Topliss-reactive ketones (excluding diaryl/α,β-unsaturated/α-hetero) is 1. The summed E-state index contributed by atoms with van der Waals surface area (Å²) < 4.78 is 36.8. The predicted molar refractivity (Wildman–Crippen MR) is 64.9 cm³/mol. The van der Waals surface area contributed by atoms with Crippen LogP contribution in [-0.4, -0.2) is 31.7 Å². The Balaban J connectivity index is 2.14. The molecule has 104 valence electrons. The van der Waals surface area contributed by atoms with E-state index in [1.54, 1.807) is 0 Å². The summed E-state index contributed by atoms with van der Waals surface area (Å²) >= 11 is 0. The van der Waals surface area contributed by atoms with Gasteiger partial charge in [-0.1, -0.05) is 0 Å². The Kier molecular flexibility index (Phi) is 4.27. The first-order valence-corrected chi connectivity index (χ1v) is 6.17. The lowest BCUT2D eigenvalue weighted by Crippen LogP contribution is -2.46. The Morgan fingerprint density at radius 1 is 1.26 bits per heavy atom. The molecule has 5 heteroatoms. The van der Waals surface area contributed by atoms with Crippen molar-refractivity contribution in [3.63, 3.8) is 0 Å². The van der Waals surface area contributed by atoms with E-state index in [0.29, 0.717) is 31.6 Å². The number of ether oxygens (including phenoxy) is 2. The van der Waals surface area contributed by atoms with Crippen molar-refractivity contribution in [2.24, 2.45) is 0 Å². The minimum Gasteiger partial charge on any atom is -0.381 e. The molecule has 0 saturated carbocycles. The van der Waals surface area contributed by atoms with Crippen LogP contribution in [0.15, 0.2) is 18.2 Å². The maximum atomic E-state index is 13.1. The van der Waals surface area contributed by atoms with Crippen molar-refractivity contribution in [2.75, 3.05) is 20.3 Å². The van der Waals surface area contributed by atoms with Crippen LogP contribution in [0.1, 0.15) is 18.4 Å². The van der Waals surface area contributed by atoms with Gasteiger partial charge >= 0.3 is 0 Å². The molecular formula is C14H16F2O3. The Hall–Kier alpha value is -1.33. The van der Waals surface area contributed by atoms with Crippen LogP contribution < -0.4 is 0 Å². The molecule has 1 aromatic rings. The highest BCUT2D eigenvalue weighted by Gasteiger charge is 2.39. The number of halogens is 2. The summed E-state index contributed by atoms with van der Waals surface area (Å²) in [6.07, 6.45) is 0.906. The lowest BCUT2D eigenvalue weighted by atomic mass is 9.86. The molecule has 2 rings (SSSR count). The van der Waals surface area contributed by atoms with E-state index in [0.717, 1.165) is 6.07 Å². The van der Waals surface area contributed by atoms with Gasteiger partial charge in [-0.3, -0.25) is 4.79 Å². The van der Waals surface area contributed by atoms with Crippen LogP contribution in [0.4, 0.5) is 8.78 Å². The largest absolute Gasteiger partial charge is 0.381 e. The van der Waals surface area contributed by atoms with E-state index in [1.165, 1.54) is 19.2 Å². The van der Waals surface area contributed by atoms with Gasteiger partial charge in [-0.2, -0.15) is 0 Å². The second kappa shape index (κ2) is 5.75. The number of rotatable bonds is 4. The van der Waals surface area contributed by atoms with Gasteiger partial charge < -0.3 is 9.47 Å². The van der Waals surface area contributed by atoms with Crippen LogP contribution in [-0.2, 0) is 20.7 Å². The van der Waals surface area contributed by atoms with Crippen LogP contribution in [0.5, 0.6) is 0 Å². The highest BCUT2D eigenvalue weighted by molar-refractivity contribution is 5.89. The van der Waals surface area contributed by atoms with Gasteiger partial charge in [-0.25, -0.2) is 8.78 Å². The van der Waals surface area contributed by atoms with E-state index >= 15 is 0 Å². The molecule has 0 spiro atoms. The van der Waals surface area contributed by atoms with Gasteiger partial charge in [0.15, 0.2) is 5.78 Å². The number of benzene rings is 1. The van der Waals surface area contributed by atoms with E-state index in [-0.39, 0.29) is 12.2 Å². The SMILES string of the molecule is COC1(C(=O)Cc2cc(F)cc(F)c2)CCOCC1. The minimum atomic E-state index is -0.888. The van der Waals surface area contributed by atoms with Gasteiger partial charge in [-0.15, -0.1) is 0 Å². The number of carbonyl (C=O) groups excluding carboxylic acids is 1. The lowest BCUT2D eigenvalue weighted by Gasteiger charge is -2.34. The molecule has 0 amide bonds. The second-order valence-electron chi connectivity index (χ2n) is 4.69. The normalized spacial score (nSPS) is 18.3. The first-order valence-electron chi connectivity index (χ1n) is 6.17. The van der Waals surface area contributed by atoms with Crippen LogP contribution in [0, 0.1) is 11.6 Å². The van der Waals surface area contributed by atoms with Gasteiger partial charge in [0.05, 0.1) is 0 Å². The van der Waals surface area contributed by atoms with Crippen molar-refractivity contribution in [2.45, 2.75) is 24.9 Å². The molecule has 3 nitrogen and oxygen atoms in total. The quantitative estimate of drug-likeness (QED) is 0.842. The molecule has 0 N–H and O–H groups in total. The fourth-order valence-electron chi connectivity index (χ4n) is 2.36. The Labute approximate surface area is 110 Å². The molecule has 0 atom stereocenters. The topological polar surface area (TPSA) is 35.5 Å². The number of methoxy groups -OCH3 is 1. The zero-order valence-electron chi connectivity index (χ0n) is 10.7. The van der Waals surface area contributed by atoms with Crippen molar-refractivity contribution < 1.29 is 23.0 Å². The summed E-state index contributed by atoms with van der Waals surface area (Å²) in [5, 5.41) is 0. The monoisotopic (exact) mass is 270 g/mol. The summed E-state index contributed by atoms with van der Waals surface area (Å²) in [4.78, 5) is 12.3. The smallest absolute Gasteiger partial charge is 0.169 e. The summed E-state index contributed by atoms with van der Waals surface area (Å²) in [6.45, 7) is 0.911. The van der Waals surface area contributed by atoms with Crippen molar-refractivity contribution in [1.29, 1.82) is 0 Å². The molecule has 0 aliphatic carbocycles. The van der Waals surface area contributed by atoms with Crippen molar-refractivity contribution in [1.82, 2.24) is 0 Å². The fourth-order valence-corrected chi connectivity index (χ4v) is 2.36. The van der Waals surface area contributed by atoms with Gasteiger partial charge in [0, 0.05) is 45.7 Å². The fraction of sp³-hybridized carbons (Fsp3) is 0.500. The zero-order chi connectivity index (χ0) is 13.9. The van der Waals surface area contributed by atoms with Crippen LogP contribution in [0.2, 0.25) is 0 Å². The summed E-state index contributed by atoms with van der Waals surface area (Å²) in [6, 6.07) is 3.13. The molecule has 0 bridgehead atoms. The zero-order valence-corrected chi connectivity index (χ0v) is 10.7. The number of carbonyl (C=O) groups is 1. The van der Waals surface area contributed by atoms with Crippen molar-refractivity contribution in [3.05, 3.63) is 35.4 Å². The Morgan fingerprint density at radius 3 is 2.37 bits per heavy atom. The third-order valence-corrected chi connectivity index (χ3v) is 3.49. The molecule has 0 unspecified atom stereocenters. The highest BCUT2D eigenvalue weighted by atomic mass is 19.1. The van der Waals surface area contributed by atoms with E-state index in [9.17, 15) is 13.6 Å². The standard InChI is InChI=1S/C14H16F2O3/c1-18-14(2-4-19-5-3-14)13(17)8-10-6-11(15)9-12(16)7-10/h6-7,9H,2-5,8H2,1H3. The van der Waals surface area contributed by atoms with E-state index in [4.69, 9.17) is 9.47 Å². The molecule has 1 saturated heterocycles. The van der Waals surface area contributed by atoms with Crippen LogP contribution in [0.25, 0.3) is 0 Å². The molecule has 1 aliphatic heterocycles. The number of ketones is 1. The lowest BCUT2D eigenvalue weighted by molar-refractivity contribution is -0.151. The maximum Gasteiger partial charge on any atom is 0.169 e. The first-order chi connectivity index (χ1) is 9.05. The average Bonchev–Trinajstić information content (AvgIpc) is 2.38. The maximum absolute atomic E-state index is 13.1. The summed E-state index contributed by atoms with van der Waals surface area (Å²) in [5.74, 6) is -1.52. The molecule has 19 heavy (non-hydrogen) atoms. The number of hydrogen-bond acceptors (Lipinski definition) is 3. The van der Waals surface area contributed by atoms with E-state index < -0.39 is 17.2 Å². The van der Waals surface area contributed by atoms with Gasteiger partial charge in [0.25, 0.3) is 0 Å². The van der Waals surface area contributed by atoms with Gasteiger partial charge in [-0.05, 0) is 17.7 Å². The van der Waals surface area contributed by atoms with Crippen LogP contribution in [0.3, 0.4) is 0 Å². The predicted octanol–water partition coefficient (Wildman–Crippen LogP) is 2.27. The molecule has 1 fully saturated rings. The highest BCUT2D eigenvalue weighted by Crippen LogP contribution is 2.27. The third-order valence-electron chi connectivity index (χ3n) is 3.49. The molecular weight excluding hydrogens is 254 g/mol. The third kappa shape index (κ3) is 3.16. The number of hydrogen-bond donors (Lipinski definition) is 0.